The molecule has 0 fully saturated rings. The first kappa shape index (κ1) is 22.6. The average molecular weight is 459 g/mol. The third-order valence-electron chi connectivity index (χ3n) is 4.56. The summed E-state index contributed by atoms with van der Waals surface area (Å²) in [7, 11) is -7.69. The molecule has 0 atom stereocenters. The molecule has 0 N–H and O–H groups in total. The van der Waals surface area contributed by atoms with Crippen LogP contribution in [0, 0.1) is 12.7 Å². The van der Waals surface area contributed by atoms with Crippen LogP contribution >= 0.6 is 0 Å². The van der Waals surface area contributed by atoms with E-state index in [0.717, 1.165) is 24.0 Å². The molecule has 0 unspecified atom stereocenters. The minimum Gasteiger partial charge on any atom is -0.288 e. The summed E-state index contributed by atoms with van der Waals surface area (Å²) in [6, 6.07) is 16.1. The Labute approximate surface area is 180 Å². The van der Waals surface area contributed by atoms with E-state index in [9.17, 15) is 26.0 Å². The number of carbonyl (C=O) groups excluding carboxylic acids is 1. The van der Waals surface area contributed by atoms with Gasteiger partial charge in [-0.25, -0.2) is 21.2 Å². The molecule has 5 nitrogen and oxygen atoms in total. The molecule has 160 valence electrons. The molecule has 0 amide bonds. The topological polar surface area (TPSA) is 85.3 Å². The van der Waals surface area contributed by atoms with Gasteiger partial charge in [0.2, 0.25) is 15.6 Å². The van der Waals surface area contributed by atoms with Gasteiger partial charge in [0, 0.05) is 11.8 Å². The lowest BCUT2D eigenvalue weighted by molar-refractivity contribution is 0.104. The maximum atomic E-state index is 13.3. The Morgan fingerprint density at radius 1 is 0.774 bits per heavy atom. The van der Waals surface area contributed by atoms with Crippen LogP contribution in [0.15, 0.2) is 87.5 Å². The number of allylic oxidation sites excluding steroid dienone is 1. The van der Waals surface area contributed by atoms with E-state index < -0.39 is 36.2 Å². The van der Waals surface area contributed by atoms with Crippen LogP contribution in [-0.2, 0) is 19.7 Å². The van der Waals surface area contributed by atoms with Crippen molar-refractivity contribution < 1.29 is 26.0 Å². The van der Waals surface area contributed by atoms with E-state index in [-0.39, 0.29) is 15.4 Å². The number of halogens is 1. The molecule has 0 heterocycles. The highest BCUT2D eigenvalue weighted by molar-refractivity contribution is 7.96. The summed E-state index contributed by atoms with van der Waals surface area (Å²) < 4.78 is 63.2. The number of rotatable bonds is 6. The lowest BCUT2D eigenvalue weighted by Crippen LogP contribution is -2.15. The summed E-state index contributed by atoms with van der Waals surface area (Å²) in [5, 5.41) is 0. The Bertz CT molecular complexity index is 1350. The summed E-state index contributed by atoms with van der Waals surface area (Å²) in [5.41, 5.74) is 1.19. The number of Topliss-reactive ketones (excluding diaryl/α,β-unsaturated/α-hetero) is 1. The van der Waals surface area contributed by atoms with Crippen molar-refractivity contribution in [2.75, 3.05) is 6.26 Å². The van der Waals surface area contributed by atoms with E-state index in [1.54, 1.807) is 19.1 Å². The fourth-order valence-electron chi connectivity index (χ4n) is 2.82. The maximum absolute atomic E-state index is 13.3. The van der Waals surface area contributed by atoms with Gasteiger partial charge in [0.25, 0.3) is 0 Å². The van der Waals surface area contributed by atoms with Crippen LogP contribution in [0.1, 0.15) is 21.5 Å². The molecule has 0 saturated carbocycles. The highest BCUT2D eigenvalue weighted by Gasteiger charge is 2.28. The molecule has 0 aliphatic carbocycles. The lowest BCUT2D eigenvalue weighted by atomic mass is 10.1. The fourth-order valence-corrected chi connectivity index (χ4v) is 4.85. The van der Waals surface area contributed by atoms with Gasteiger partial charge in [-0.1, -0.05) is 29.8 Å². The first-order chi connectivity index (χ1) is 14.5. The van der Waals surface area contributed by atoms with Gasteiger partial charge in [-0.2, -0.15) is 0 Å². The van der Waals surface area contributed by atoms with Gasteiger partial charge in [-0.3, -0.25) is 4.79 Å². The molecule has 0 spiro atoms. The summed E-state index contributed by atoms with van der Waals surface area (Å²) in [5.74, 6) is -1.30. The Hall–Kier alpha value is -3.10. The normalized spacial score (nSPS) is 12.5. The van der Waals surface area contributed by atoms with Crippen molar-refractivity contribution in [2.24, 2.45) is 0 Å². The third-order valence-corrected chi connectivity index (χ3v) is 7.46. The molecule has 3 rings (SSSR count). The van der Waals surface area contributed by atoms with Gasteiger partial charge in [0.15, 0.2) is 9.84 Å². The SMILES string of the molecule is Cc1ccc(S(=O)(=O)C(=Cc2ccc(F)cc2)C(=O)c2ccc(S(C)(=O)=O)cc2)cc1. The van der Waals surface area contributed by atoms with Gasteiger partial charge in [-0.15, -0.1) is 0 Å². The summed E-state index contributed by atoms with van der Waals surface area (Å²) in [6.45, 7) is 1.81. The van der Waals surface area contributed by atoms with E-state index in [4.69, 9.17) is 0 Å². The Kier molecular flexibility index (Phi) is 6.24. The molecular weight excluding hydrogens is 439 g/mol. The van der Waals surface area contributed by atoms with Crippen LogP contribution in [0.2, 0.25) is 0 Å². The number of sulfone groups is 2. The summed E-state index contributed by atoms with van der Waals surface area (Å²) >= 11 is 0. The number of ketones is 1. The molecule has 3 aromatic carbocycles. The molecule has 31 heavy (non-hydrogen) atoms. The standard InChI is InChI=1S/C23H19FO5S2/c1-16-3-11-21(12-4-16)31(28,29)22(15-17-5-9-19(24)10-6-17)23(25)18-7-13-20(14-8-18)30(2,26)27/h3-15H,1-2H3. The first-order valence-electron chi connectivity index (χ1n) is 9.12. The molecule has 0 aromatic heterocycles. The molecule has 0 aliphatic rings. The van der Waals surface area contributed by atoms with Crippen LogP contribution in [0.4, 0.5) is 4.39 Å². The molecule has 0 radical (unpaired) electrons. The van der Waals surface area contributed by atoms with E-state index in [1.165, 1.54) is 54.6 Å². The lowest BCUT2D eigenvalue weighted by Gasteiger charge is -2.10. The number of hydrogen-bond donors (Lipinski definition) is 0. The monoisotopic (exact) mass is 458 g/mol. The van der Waals surface area contributed by atoms with Crippen LogP contribution < -0.4 is 0 Å². The number of aryl methyl sites for hydroxylation is 1. The van der Waals surface area contributed by atoms with Crippen molar-refractivity contribution in [3.63, 3.8) is 0 Å². The maximum Gasteiger partial charge on any atom is 0.210 e. The molecule has 0 bridgehead atoms. The number of carbonyl (C=O) groups is 1. The predicted octanol–water partition coefficient (Wildman–Crippen LogP) is 4.24. The van der Waals surface area contributed by atoms with Crippen LogP contribution in [0.5, 0.6) is 0 Å². The van der Waals surface area contributed by atoms with E-state index in [0.29, 0.717) is 5.56 Å². The van der Waals surface area contributed by atoms with Gasteiger partial charge in [0.05, 0.1) is 9.79 Å². The molecule has 8 heteroatoms. The van der Waals surface area contributed by atoms with Gasteiger partial charge in [-0.05, 0) is 67.1 Å². The van der Waals surface area contributed by atoms with Crippen LogP contribution in [0.25, 0.3) is 6.08 Å². The van der Waals surface area contributed by atoms with Crippen molar-refractivity contribution in [3.8, 4) is 0 Å². The molecule has 3 aromatic rings. The van der Waals surface area contributed by atoms with Crippen molar-refractivity contribution in [1.29, 1.82) is 0 Å². The summed E-state index contributed by atoms with van der Waals surface area (Å²) in [4.78, 5) is 12.6. The smallest absolute Gasteiger partial charge is 0.210 e. The van der Waals surface area contributed by atoms with Gasteiger partial charge < -0.3 is 0 Å². The average Bonchev–Trinajstić information content (AvgIpc) is 2.72. The van der Waals surface area contributed by atoms with E-state index in [1.807, 2.05) is 0 Å². The number of hydrogen-bond acceptors (Lipinski definition) is 5. The minimum atomic E-state index is -4.21. The Morgan fingerprint density at radius 3 is 1.81 bits per heavy atom. The number of benzene rings is 3. The van der Waals surface area contributed by atoms with E-state index in [2.05, 4.69) is 0 Å². The Balaban J connectivity index is 2.14. The van der Waals surface area contributed by atoms with Gasteiger partial charge >= 0.3 is 0 Å². The molecular formula is C23H19FO5S2. The third kappa shape index (κ3) is 5.15. The second kappa shape index (κ2) is 8.56. The van der Waals surface area contributed by atoms with E-state index >= 15 is 0 Å². The first-order valence-corrected chi connectivity index (χ1v) is 12.5. The van der Waals surface area contributed by atoms with Crippen molar-refractivity contribution in [2.45, 2.75) is 16.7 Å². The predicted molar refractivity (Wildman–Crippen MR) is 117 cm³/mol. The van der Waals surface area contributed by atoms with Crippen molar-refractivity contribution in [3.05, 3.63) is 100 Å². The van der Waals surface area contributed by atoms with Crippen LogP contribution in [0.3, 0.4) is 0 Å². The zero-order valence-electron chi connectivity index (χ0n) is 16.7. The van der Waals surface area contributed by atoms with Crippen molar-refractivity contribution in [1.82, 2.24) is 0 Å². The largest absolute Gasteiger partial charge is 0.288 e. The summed E-state index contributed by atoms with van der Waals surface area (Å²) in [6.07, 6.45) is 2.22. The van der Waals surface area contributed by atoms with Gasteiger partial charge in [0.1, 0.15) is 10.7 Å². The Morgan fingerprint density at radius 2 is 1.29 bits per heavy atom. The quantitative estimate of drug-likeness (QED) is 0.408. The zero-order chi connectivity index (χ0) is 22.8. The fraction of sp³-hybridized carbons (Fsp3) is 0.0870. The minimum absolute atomic E-state index is 0.00880. The molecule has 0 aliphatic heterocycles. The zero-order valence-corrected chi connectivity index (χ0v) is 18.4. The highest BCUT2D eigenvalue weighted by atomic mass is 32.2. The highest BCUT2D eigenvalue weighted by Crippen LogP contribution is 2.26. The second-order valence-electron chi connectivity index (χ2n) is 7.00. The second-order valence-corrected chi connectivity index (χ2v) is 10.9. The van der Waals surface area contributed by atoms with Crippen LogP contribution in [-0.4, -0.2) is 28.9 Å². The van der Waals surface area contributed by atoms with Crippen molar-refractivity contribution >= 4 is 31.5 Å². The molecule has 0 saturated heterocycles.